The molecular weight excluding hydrogens is 1390 g/mol. The van der Waals surface area contributed by atoms with Gasteiger partial charge in [0.1, 0.15) is 41.3 Å². The lowest BCUT2D eigenvalue weighted by molar-refractivity contribution is -0.433. The molecule has 5 aromatic rings. The van der Waals surface area contributed by atoms with Crippen molar-refractivity contribution in [3.63, 3.8) is 0 Å². The summed E-state index contributed by atoms with van der Waals surface area (Å²) >= 11 is 1.46. The quantitative estimate of drug-likeness (QED) is 0.0119. The molecule has 34 nitrogen and oxygen atoms in total. The van der Waals surface area contributed by atoms with Crippen LogP contribution in [-0.4, -0.2) is 275 Å². The van der Waals surface area contributed by atoms with E-state index in [1.165, 1.54) is 36.5 Å². The normalized spacial score (nSPS) is 24.6. The Balaban J connectivity index is 0.939. The van der Waals surface area contributed by atoms with E-state index in [9.17, 15) is 74.7 Å². The van der Waals surface area contributed by atoms with Crippen LogP contribution in [0.1, 0.15) is 87.6 Å². The third-order valence-corrected chi connectivity index (χ3v) is 20.0. The van der Waals surface area contributed by atoms with Gasteiger partial charge in [0.05, 0.1) is 73.9 Å². The maximum absolute atomic E-state index is 15.0. The van der Waals surface area contributed by atoms with Gasteiger partial charge in [0.15, 0.2) is 11.5 Å². The van der Waals surface area contributed by atoms with Gasteiger partial charge in [-0.15, -0.1) is 0 Å². The van der Waals surface area contributed by atoms with Crippen molar-refractivity contribution < 1.29 is 108 Å². The summed E-state index contributed by atoms with van der Waals surface area (Å²) in [6.07, 6.45) is -4.41. The Labute approximate surface area is 601 Å². The summed E-state index contributed by atoms with van der Waals surface area (Å²) in [5, 5.41) is 132. The van der Waals surface area contributed by atoms with Crippen LogP contribution in [0.2, 0.25) is 0 Å². The maximum Gasteiger partial charge on any atom is 0.261 e. The molecule has 4 saturated heterocycles. The van der Waals surface area contributed by atoms with E-state index in [-0.39, 0.29) is 48.4 Å². The van der Waals surface area contributed by atoms with E-state index in [2.05, 4.69) is 58.3 Å². The number of unbranched alkanes of at least 4 members (excludes halogenated alkanes) is 3. The van der Waals surface area contributed by atoms with Crippen LogP contribution in [0.5, 0.6) is 11.5 Å². The largest absolute Gasteiger partial charge is 0.504 e. The standard InChI is InChI=1S/C67H92N12O22S2/c1-36-31-78-57(58(36)88)63(93)69-30-44(83)28-47(70-59(89)40-11-9-39(10-12-40)48-33-79-67(71-48)102-64(75-79)41-13-15-43(16-14-41)76-22-19-46(20-23-76)98-25-7-5-4-6-24-97-3)60(90)72-54(37(2)82)65(94)77-32-45(84)29-49(77)61(91)73-55(52(87)26-38-8-17-50(85)53(27-38)99-103-101-100-96)62(92)74-56(66(78)95)51(86)18-21-68-42(34-80)35-81/h8-17,27,33,36-37,42,44-47,49,51-52,54-58,68,80-88,96H,4-7,18-26,28-32,34-35H2,1-3H3,(H,69,93)(H,70,89)(H,72,90)(H,73,91)(H,74,92)/t36-,37+,44+,45+,47?,49-,51+,52+,54-,55-,56-,57-,58-/m0/s1. The minimum atomic E-state index is -2.16. The van der Waals surface area contributed by atoms with Gasteiger partial charge in [-0.2, -0.15) is 5.10 Å². The van der Waals surface area contributed by atoms with Crippen LogP contribution in [0, 0.1) is 5.92 Å². The summed E-state index contributed by atoms with van der Waals surface area (Å²) in [5.41, 5.74) is 3.27. The molecule has 564 valence electrons. The average molecular weight is 1480 g/mol. The van der Waals surface area contributed by atoms with Gasteiger partial charge in [-0.05, 0) is 99.7 Å². The van der Waals surface area contributed by atoms with Gasteiger partial charge < -0.3 is 106 Å². The number of phenolic OH excluding ortho intramolecular Hbond substituents is 1. The first-order chi connectivity index (χ1) is 49.5. The SMILES string of the molecule is COCCCCCCOC1CCN(c2ccc(-c3nn4cc(-c5ccc(C(=O)NC6C[C@@H](O)CNC(=O)[C@@H]7[C@@H](O)[C@@H](C)CN7C(=O)[C@H]([C@H](O)CCNC(CO)CO)NC(=O)[C@H]([C@H](O)Cc7ccc(O)c(OSOOO)c7)NC(=O)[C@@H]7C[C@@H](O)CN7C(=O)[C@H]([C@@H](C)O)NC6=O)cc5)nc4s3)cc2)CC1. The van der Waals surface area contributed by atoms with Gasteiger partial charge in [-0.25, -0.2) is 14.8 Å². The van der Waals surface area contributed by atoms with E-state index in [1.807, 2.05) is 12.1 Å². The highest BCUT2D eigenvalue weighted by Crippen LogP contribution is 2.34. The first kappa shape index (κ1) is 79.4. The molecule has 0 spiro atoms. The number of fused-ring (bicyclic) bond motifs is 3. The van der Waals surface area contributed by atoms with Crippen LogP contribution in [0.15, 0.2) is 72.9 Å². The van der Waals surface area contributed by atoms with Gasteiger partial charge >= 0.3 is 0 Å². The highest BCUT2D eigenvalue weighted by atomic mass is 32.2. The number of nitrogens with one attached hydrogen (secondary N) is 6. The third kappa shape index (κ3) is 20.8. The second-order valence-corrected chi connectivity index (χ2v) is 27.6. The number of carbonyl (C=O) groups excluding carboxylic acids is 7. The third-order valence-electron chi connectivity index (χ3n) is 18.7. The molecule has 9 rings (SSSR count). The number of nitrogens with zero attached hydrogens (tertiary/aromatic N) is 6. The van der Waals surface area contributed by atoms with Gasteiger partial charge in [0.2, 0.25) is 40.4 Å². The van der Waals surface area contributed by atoms with Crippen molar-refractivity contribution in [1.29, 1.82) is 0 Å². The number of aliphatic hydroxyl groups excluding tert-OH is 8. The monoisotopic (exact) mass is 1480 g/mol. The number of methoxy groups -OCH3 is 1. The number of aromatic hydroxyl groups is 1. The molecule has 4 fully saturated rings. The van der Waals surface area contributed by atoms with Crippen LogP contribution in [0.4, 0.5) is 5.69 Å². The lowest BCUT2D eigenvalue weighted by Gasteiger charge is -2.34. The lowest BCUT2D eigenvalue weighted by Crippen LogP contribution is -2.64. The zero-order chi connectivity index (χ0) is 74.0. The average Bonchev–Trinajstić information content (AvgIpc) is 1.74. The zero-order valence-electron chi connectivity index (χ0n) is 57.1. The van der Waals surface area contributed by atoms with Crippen molar-refractivity contribution in [3.05, 3.63) is 84.1 Å². The summed E-state index contributed by atoms with van der Waals surface area (Å²) in [7, 11) is 1.72. The molecule has 16 N–H and O–H groups in total. The van der Waals surface area contributed by atoms with E-state index in [0.717, 1.165) is 110 Å². The van der Waals surface area contributed by atoms with Crippen molar-refractivity contribution in [2.45, 2.75) is 163 Å². The molecule has 2 aromatic heterocycles. The number of imidazole rings is 1. The minimum Gasteiger partial charge on any atom is -0.504 e. The lowest BCUT2D eigenvalue weighted by atomic mass is 9.98. The summed E-state index contributed by atoms with van der Waals surface area (Å²) in [6.45, 7) is 3.02. The Hall–Kier alpha value is -7.76. The minimum absolute atomic E-state index is 0.0119. The number of anilines is 1. The number of amides is 7. The maximum atomic E-state index is 15.0. The molecule has 0 saturated carbocycles. The number of β-amino-alcohol motifs (C(OH)–C–C–N with tert-alkyl or cyclic N) is 1. The van der Waals surface area contributed by atoms with Gasteiger partial charge in [-0.1, -0.05) is 58.7 Å². The van der Waals surface area contributed by atoms with E-state index >= 15 is 4.79 Å². The number of carbonyl (C=O) groups is 7. The number of phenols is 1. The fourth-order valence-corrected chi connectivity index (χ4v) is 14.1. The first-order valence-corrected chi connectivity index (χ1v) is 35.7. The van der Waals surface area contributed by atoms with Crippen LogP contribution in [-0.2, 0) is 54.0 Å². The predicted molar refractivity (Wildman–Crippen MR) is 370 cm³/mol. The van der Waals surface area contributed by atoms with E-state index in [1.54, 1.807) is 30.0 Å². The second-order valence-electron chi connectivity index (χ2n) is 26.2. The fourth-order valence-electron chi connectivity index (χ4n) is 12.9. The Morgan fingerprint density at radius 1 is 0.777 bits per heavy atom. The molecule has 3 aromatic carbocycles. The van der Waals surface area contributed by atoms with E-state index in [0.29, 0.717) is 16.2 Å². The van der Waals surface area contributed by atoms with Crippen LogP contribution in [0.25, 0.3) is 26.8 Å². The van der Waals surface area contributed by atoms with Crippen LogP contribution >= 0.6 is 23.7 Å². The van der Waals surface area contributed by atoms with Crippen molar-refractivity contribution >= 4 is 75.7 Å². The topological polar surface area (TPSA) is 480 Å². The molecule has 7 amide bonds. The molecule has 0 bridgehead atoms. The summed E-state index contributed by atoms with van der Waals surface area (Å²) in [6, 6.07) is 5.60. The Morgan fingerprint density at radius 2 is 1.46 bits per heavy atom. The fraction of sp³-hybridized carbons (Fsp3) is 0.567. The summed E-state index contributed by atoms with van der Waals surface area (Å²) in [4.78, 5) is 112. The highest BCUT2D eigenvalue weighted by Gasteiger charge is 2.50. The molecule has 4 aliphatic heterocycles. The number of benzene rings is 3. The number of aromatic nitrogens is 3. The first-order valence-electron chi connectivity index (χ1n) is 34.2. The zero-order valence-corrected chi connectivity index (χ0v) is 58.7. The number of aliphatic hydroxyl groups is 8. The predicted octanol–water partition coefficient (Wildman–Crippen LogP) is -1.33. The number of piperidine rings is 1. The molecule has 0 aliphatic carbocycles. The van der Waals surface area contributed by atoms with Crippen molar-refractivity contribution in [1.82, 2.24) is 56.3 Å². The van der Waals surface area contributed by atoms with Crippen molar-refractivity contribution in [3.8, 4) is 33.3 Å². The number of ether oxygens (including phenoxy) is 2. The molecule has 4 aliphatic rings. The van der Waals surface area contributed by atoms with Crippen molar-refractivity contribution in [2.75, 3.05) is 77.7 Å². The second kappa shape index (κ2) is 37.8. The van der Waals surface area contributed by atoms with E-state index < -0.39 is 184 Å². The van der Waals surface area contributed by atoms with Crippen LogP contribution in [0.3, 0.4) is 0 Å². The Kier molecular flexibility index (Phi) is 29.1. The summed E-state index contributed by atoms with van der Waals surface area (Å²) in [5.74, 6) is -9.63. The number of hydrogen-bond acceptors (Lipinski definition) is 28. The highest BCUT2D eigenvalue weighted by molar-refractivity contribution is 7.90. The molecule has 103 heavy (non-hydrogen) atoms. The number of rotatable bonds is 28. The van der Waals surface area contributed by atoms with Gasteiger partial charge in [0, 0.05) is 101 Å². The molecule has 13 atom stereocenters. The summed E-state index contributed by atoms with van der Waals surface area (Å²) < 4.78 is 22.4. The molecule has 0 radical (unpaired) electrons. The molecule has 6 heterocycles. The molecular formula is C67H92N12O22S2. The van der Waals surface area contributed by atoms with E-state index in [4.69, 9.17) is 29.0 Å². The van der Waals surface area contributed by atoms with Gasteiger partial charge in [0.25, 0.3) is 18.2 Å². The van der Waals surface area contributed by atoms with Crippen LogP contribution < -0.4 is 41.0 Å². The molecule has 36 heteroatoms. The smallest absolute Gasteiger partial charge is 0.261 e. The number of hydrogen-bond donors (Lipinski definition) is 16. The van der Waals surface area contributed by atoms with Gasteiger partial charge in [-0.3, -0.25) is 33.6 Å². The Morgan fingerprint density at radius 3 is 2.14 bits per heavy atom. The Bertz CT molecular complexity index is 3610. The molecule has 1 unspecified atom stereocenters. The van der Waals surface area contributed by atoms with Crippen molar-refractivity contribution in [2.24, 2.45) is 5.92 Å².